The van der Waals surface area contributed by atoms with Crippen molar-refractivity contribution < 1.29 is 0 Å². The number of fused-ring (bicyclic) bond motifs is 3. The van der Waals surface area contributed by atoms with Crippen LogP contribution < -0.4 is 5.19 Å². The SMILES string of the molecule is [Si]c1ccc(-c2ccc3c(c2)C(c2ccc(-c4ccccc4)cc2)(c2ccc(-c4ccccc4)cc2)c2ccccc2-3)cc1. The van der Waals surface area contributed by atoms with Crippen molar-refractivity contribution in [1.82, 2.24) is 0 Å². The fourth-order valence-corrected chi connectivity index (χ4v) is 7.16. The molecule has 0 fully saturated rings. The summed E-state index contributed by atoms with van der Waals surface area (Å²) >= 11 is 0. The van der Waals surface area contributed by atoms with Crippen molar-refractivity contribution in [3.8, 4) is 44.5 Å². The van der Waals surface area contributed by atoms with Crippen LogP contribution in [0.4, 0.5) is 0 Å². The van der Waals surface area contributed by atoms with Crippen LogP contribution in [0.25, 0.3) is 44.5 Å². The van der Waals surface area contributed by atoms with Gasteiger partial charge >= 0.3 is 0 Å². The maximum atomic E-state index is 3.67. The van der Waals surface area contributed by atoms with Crippen molar-refractivity contribution in [1.29, 1.82) is 0 Å². The molecule has 0 atom stereocenters. The normalized spacial score (nSPS) is 12.8. The lowest BCUT2D eigenvalue weighted by molar-refractivity contribution is 0.769. The van der Waals surface area contributed by atoms with Crippen molar-refractivity contribution in [2.75, 3.05) is 0 Å². The summed E-state index contributed by atoms with van der Waals surface area (Å²) in [6, 6.07) is 64.3. The Morgan fingerprint density at radius 1 is 0.318 bits per heavy atom. The Hall–Kier alpha value is -5.24. The molecule has 3 radical (unpaired) electrons. The van der Waals surface area contributed by atoms with E-state index in [0.29, 0.717) is 0 Å². The van der Waals surface area contributed by atoms with Crippen LogP contribution in [0.15, 0.2) is 176 Å². The first-order chi connectivity index (χ1) is 21.7. The second-order valence-corrected chi connectivity index (χ2v) is 12.1. The third kappa shape index (κ3) is 4.28. The molecule has 205 valence electrons. The molecule has 1 aliphatic carbocycles. The third-order valence-corrected chi connectivity index (χ3v) is 9.45. The first kappa shape index (κ1) is 26.4. The smallest absolute Gasteiger partial charge is 0.0673 e. The number of hydrogen-bond acceptors (Lipinski definition) is 0. The van der Waals surface area contributed by atoms with Gasteiger partial charge in [0.05, 0.1) is 15.7 Å². The fraction of sp³-hybridized carbons (Fsp3) is 0.0233. The molecule has 44 heavy (non-hydrogen) atoms. The Labute approximate surface area is 262 Å². The van der Waals surface area contributed by atoms with Crippen LogP contribution in [-0.2, 0) is 5.41 Å². The quantitative estimate of drug-likeness (QED) is 0.180. The van der Waals surface area contributed by atoms with E-state index in [9.17, 15) is 0 Å². The van der Waals surface area contributed by atoms with E-state index >= 15 is 0 Å². The van der Waals surface area contributed by atoms with Gasteiger partial charge in [-0.15, -0.1) is 0 Å². The van der Waals surface area contributed by atoms with Gasteiger partial charge in [-0.3, -0.25) is 0 Å². The van der Waals surface area contributed by atoms with E-state index < -0.39 is 5.41 Å². The largest absolute Gasteiger partial charge is 0.0713 e. The summed E-state index contributed by atoms with van der Waals surface area (Å²) in [5, 5.41) is 1.08. The number of rotatable bonds is 5. The van der Waals surface area contributed by atoms with Gasteiger partial charge in [0, 0.05) is 0 Å². The van der Waals surface area contributed by atoms with Gasteiger partial charge in [-0.25, -0.2) is 0 Å². The van der Waals surface area contributed by atoms with Gasteiger partial charge in [0.25, 0.3) is 0 Å². The molecule has 0 saturated heterocycles. The standard InChI is InChI=1S/C43H29Si/c44-38-26-19-34(20-27-38)35-21-28-40-39-13-7-8-14-41(39)43(42(40)29-35,36-22-15-32(16-23-36)30-9-3-1-4-10-30)37-24-17-33(18-25-37)31-11-5-2-6-12-31/h1-29H. The minimum atomic E-state index is -0.471. The molecule has 1 aliphatic rings. The minimum absolute atomic E-state index is 0.471. The lowest BCUT2D eigenvalue weighted by Crippen LogP contribution is -2.28. The zero-order valence-electron chi connectivity index (χ0n) is 24.2. The Bertz CT molecular complexity index is 1990. The van der Waals surface area contributed by atoms with Gasteiger partial charge < -0.3 is 0 Å². The molecule has 0 saturated carbocycles. The molecule has 7 aromatic carbocycles. The van der Waals surface area contributed by atoms with E-state index in [0.717, 1.165) is 5.19 Å². The van der Waals surface area contributed by atoms with Gasteiger partial charge in [0.15, 0.2) is 0 Å². The second-order valence-electron chi connectivity index (χ2n) is 11.5. The van der Waals surface area contributed by atoms with Crippen LogP contribution in [0.3, 0.4) is 0 Å². The first-order valence-electron chi connectivity index (χ1n) is 15.1. The lowest BCUT2D eigenvalue weighted by Gasteiger charge is -2.34. The molecular weight excluding hydrogens is 545 g/mol. The van der Waals surface area contributed by atoms with Crippen LogP contribution in [0, 0.1) is 0 Å². The average Bonchev–Trinajstić information content (AvgIpc) is 3.40. The van der Waals surface area contributed by atoms with Crippen molar-refractivity contribution in [3.05, 3.63) is 198 Å². The lowest BCUT2D eigenvalue weighted by atomic mass is 9.67. The molecule has 0 aromatic heterocycles. The van der Waals surface area contributed by atoms with Gasteiger partial charge in [-0.2, -0.15) is 0 Å². The Balaban J connectivity index is 1.38. The zero-order chi connectivity index (χ0) is 29.5. The first-order valence-corrected chi connectivity index (χ1v) is 15.6. The molecule has 0 nitrogen and oxygen atoms in total. The van der Waals surface area contributed by atoms with Gasteiger partial charge in [0.2, 0.25) is 0 Å². The monoisotopic (exact) mass is 573 g/mol. The molecule has 0 heterocycles. The maximum Gasteiger partial charge on any atom is 0.0713 e. The summed E-state index contributed by atoms with van der Waals surface area (Å²) in [5.41, 5.74) is 14.6. The van der Waals surface area contributed by atoms with Gasteiger partial charge in [-0.05, 0) is 72.8 Å². The van der Waals surface area contributed by atoms with Crippen LogP contribution in [-0.4, -0.2) is 10.2 Å². The van der Waals surface area contributed by atoms with Gasteiger partial charge in [0.1, 0.15) is 0 Å². The highest BCUT2D eigenvalue weighted by Gasteiger charge is 2.46. The van der Waals surface area contributed by atoms with E-state index in [1.54, 1.807) is 0 Å². The Morgan fingerprint density at radius 3 is 1.30 bits per heavy atom. The summed E-state index contributed by atoms with van der Waals surface area (Å²) in [6.45, 7) is 0. The van der Waals surface area contributed by atoms with E-state index in [-0.39, 0.29) is 0 Å². The number of benzene rings is 7. The minimum Gasteiger partial charge on any atom is -0.0673 e. The summed E-state index contributed by atoms with van der Waals surface area (Å²) < 4.78 is 0. The van der Waals surface area contributed by atoms with Crippen molar-refractivity contribution >= 4 is 15.4 Å². The molecule has 0 bridgehead atoms. The maximum absolute atomic E-state index is 3.67. The van der Waals surface area contributed by atoms with Crippen LogP contribution >= 0.6 is 0 Å². The van der Waals surface area contributed by atoms with E-state index in [4.69, 9.17) is 0 Å². The summed E-state index contributed by atoms with van der Waals surface area (Å²) in [6.07, 6.45) is 0. The van der Waals surface area contributed by atoms with Gasteiger partial charge in [-0.1, -0.05) is 175 Å². The second kappa shape index (κ2) is 10.8. The predicted molar refractivity (Wildman–Crippen MR) is 185 cm³/mol. The highest BCUT2D eigenvalue weighted by Crippen LogP contribution is 2.57. The Kier molecular flexibility index (Phi) is 6.47. The molecule has 0 spiro atoms. The highest BCUT2D eigenvalue weighted by molar-refractivity contribution is 6.32. The van der Waals surface area contributed by atoms with E-state index in [2.05, 4.69) is 186 Å². The topological polar surface area (TPSA) is 0 Å². The Morgan fingerprint density at radius 2 is 0.727 bits per heavy atom. The molecule has 0 amide bonds. The summed E-state index contributed by atoms with van der Waals surface area (Å²) in [4.78, 5) is 0. The molecule has 7 aromatic rings. The predicted octanol–water partition coefficient (Wildman–Crippen LogP) is 9.84. The van der Waals surface area contributed by atoms with Crippen molar-refractivity contribution in [3.63, 3.8) is 0 Å². The zero-order valence-corrected chi connectivity index (χ0v) is 25.2. The molecule has 0 unspecified atom stereocenters. The number of hydrogen-bond donors (Lipinski definition) is 0. The average molecular weight is 574 g/mol. The molecular formula is C43H29Si. The molecule has 0 aliphatic heterocycles. The van der Waals surface area contributed by atoms with Crippen LogP contribution in [0.2, 0.25) is 0 Å². The van der Waals surface area contributed by atoms with Crippen molar-refractivity contribution in [2.24, 2.45) is 0 Å². The van der Waals surface area contributed by atoms with E-state index in [1.165, 1.54) is 66.8 Å². The molecule has 1 heteroatoms. The van der Waals surface area contributed by atoms with Crippen LogP contribution in [0.1, 0.15) is 22.3 Å². The van der Waals surface area contributed by atoms with Crippen LogP contribution in [0.5, 0.6) is 0 Å². The van der Waals surface area contributed by atoms with Crippen molar-refractivity contribution in [2.45, 2.75) is 5.41 Å². The fourth-order valence-electron chi connectivity index (χ4n) is 7.00. The van der Waals surface area contributed by atoms with E-state index in [1.807, 2.05) is 0 Å². The third-order valence-electron chi connectivity index (χ3n) is 9.11. The summed E-state index contributed by atoms with van der Waals surface area (Å²) in [7, 11) is 3.67. The highest BCUT2D eigenvalue weighted by atomic mass is 28.1. The molecule has 0 N–H and O–H groups in total. The molecule has 8 rings (SSSR count). The summed E-state index contributed by atoms with van der Waals surface area (Å²) in [5.74, 6) is 0.